The predicted octanol–water partition coefficient (Wildman–Crippen LogP) is 3.62. The van der Waals surface area contributed by atoms with E-state index in [1.54, 1.807) is 4.90 Å². The van der Waals surface area contributed by atoms with Crippen molar-refractivity contribution in [2.75, 3.05) is 6.61 Å². The number of ether oxygens (including phenoxy) is 1. The number of hydrogen-bond acceptors (Lipinski definition) is 3. The third kappa shape index (κ3) is 4.94. The second-order valence-corrected chi connectivity index (χ2v) is 7.38. The van der Waals surface area contributed by atoms with Gasteiger partial charge in [-0.15, -0.1) is 5.73 Å². The fourth-order valence-electron chi connectivity index (χ4n) is 3.55. The Balaban J connectivity index is 2.21. The highest BCUT2D eigenvalue weighted by Crippen LogP contribution is 2.29. The Morgan fingerprint density at radius 1 is 1.35 bits per heavy atom. The Bertz CT molecular complexity index is 649. The van der Waals surface area contributed by atoms with Crippen LogP contribution in [0.5, 0.6) is 0 Å². The Labute approximate surface area is 156 Å². The Morgan fingerprint density at radius 2 is 2.04 bits per heavy atom. The van der Waals surface area contributed by atoms with Gasteiger partial charge >= 0.3 is 0 Å². The molecule has 0 spiro atoms. The molecule has 4 nitrogen and oxygen atoms in total. The third-order valence-electron chi connectivity index (χ3n) is 4.96. The Morgan fingerprint density at radius 3 is 2.62 bits per heavy atom. The number of rotatable bonds is 8. The van der Waals surface area contributed by atoms with Crippen LogP contribution in [0, 0.1) is 17.8 Å². The van der Waals surface area contributed by atoms with Crippen molar-refractivity contribution in [1.29, 1.82) is 0 Å². The van der Waals surface area contributed by atoms with E-state index in [4.69, 9.17) is 4.74 Å². The molecule has 1 heterocycles. The summed E-state index contributed by atoms with van der Waals surface area (Å²) in [4.78, 5) is 26.5. The van der Waals surface area contributed by atoms with Crippen molar-refractivity contribution in [3.05, 3.63) is 54.3 Å². The molecule has 4 heteroatoms. The fourth-order valence-corrected chi connectivity index (χ4v) is 3.55. The summed E-state index contributed by atoms with van der Waals surface area (Å²) in [5.41, 5.74) is 3.93. The van der Waals surface area contributed by atoms with Crippen LogP contribution < -0.4 is 0 Å². The number of carbonyl (C=O) groups excluding carboxylic acids is 2. The van der Waals surface area contributed by atoms with Crippen LogP contribution >= 0.6 is 0 Å². The molecule has 1 aromatic rings. The molecule has 1 amide bonds. The van der Waals surface area contributed by atoms with Gasteiger partial charge in [0.25, 0.3) is 0 Å². The van der Waals surface area contributed by atoms with E-state index in [1.807, 2.05) is 50.3 Å². The van der Waals surface area contributed by atoms with Crippen LogP contribution in [0.15, 0.2) is 48.7 Å². The number of nitrogens with zero attached hydrogens (tertiary/aromatic N) is 1. The Hall–Kier alpha value is -2.16. The molecule has 140 valence electrons. The van der Waals surface area contributed by atoms with Crippen molar-refractivity contribution in [3.8, 4) is 0 Å². The van der Waals surface area contributed by atoms with E-state index >= 15 is 0 Å². The number of aldehydes is 1. The molecule has 0 aromatic heterocycles. The number of benzene rings is 1. The predicted molar refractivity (Wildman–Crippen MR) is 102 cm³/mol. The summed E-state index contributed by atoms with van der Waals surface area (Å²) in [7, 11) is 0. The lowest BCUT2D eigenvalue weighted by molar-refractivity contribution is -0.147. The molecule has 1 aliphatic heterocycles. The zero-order valence-electron chi connectivity index (χ0n) is 15.9. The van der Waals surface area contributed by atoms with Gasteiger partial charge in [0.1, 0.15) is 0 Å². The summed E-state index contributed by atoms with van der Waals surface area (Å²) in [6.45, 7) is 10.2. The standard InChI is InChI=1S/C22H29NO3/c1-5-9-17(4)12-20(16(2)3)22(25)23-19(15-26-21(23)14-24)13-18-10-7-6-8-11-18/h6-11,14,16-17,19-21H,1,12-13,15H2,2-4H3/t17?,19-,20?,21?/m1/s1. The van der Waals surface area contributed by atoms with Gasteiger partial charge in [0.05, 0.1) is 12.6 Å². The molecule has 0 saturated carbocycles. The third-order valence-corrected chi connectivity index (χ3v) is 4.96. The van der Waals surface area contributed by atoms with Crippen molar-refractivity contribution in [2.24, 2.45) is 17.8 Å². The van der Waals surface area contributed by atoms with Crippen molar-refractivity contribution < 1.29 is 14.3 Å². The van der Waals surface area contributed by atoms with E-state index in [0.29, 0.717) is 19.4 Å². The molecule has 3 unspecified atom stereocenters. The SMILES string of the molecule is C=C=CC(C)CC(C(=O)N1C(C=O)OC[C@H]1Cc1ccccc1)C(C)C. The minimum absolute atomic E-state index is 0.000145. The highest BCUT2D eigenvalue weighted by Gasteiger charge is 2.41. The molecule has 1 aliphatic rings. The van der Waals surface area contributed by atoms with Gasteiger partial charge in [0, 0.05) is 5.92 Å². The molecular weight excluding hydrogens is 326 g/mol. The van der Waals surface area contributed by atoms with E-state index in [1.165, 1.54) is 0 Å². The summed E-state index contributed by atoms with van der Waals surface area (Å²) < 4.78 is 5.61. The summed E-state index contributed by atoms with van der Waals surface area (Å²) in [6, 6.07) is 9.88. The van der Waals surface area contributed by atoms with Gasteiger partial charge in [0.2, 0.25) is 5.91 Å². The number of carbonyl (C=O) groups is 2. The number of allylic oxidation sites excluding steroid dienone is 1. The first kappa shape index (κ1) is 20.2. The van der Waals surface area contributed by atoms with Gasteiger partial charge in [-0.25, -0.2) is 0 Å². The smallest absolute Gasteiger partial charge is 0.228 e. The normalized spacial score (nSPS) is 21.9. The molecule has 26 heavy (non-hydrogen) atoms. The second-order valence-electron chi connectivity index (χ2n) is 7.38. The fraction of sp³-hybridized carbons (Fsp3) is 0.500. The van der Waals surface area contributed by atoms with Crippen LogP contribution in [-0.4, -0.2) is 36.0 Å². The number of hydrogen-bond donors (Lipinski definition) is 0. The highest BCUT2D eigenvalue weighted by molar-refractivity contribution is 5.82. The molecule has 1 fully saturated rings. The molecule has 4 atom stereocenters. The maximum Gasteiger partial charge on any atom is 0.228 e. The average molecular weight is 355 g/mol. The first-order chi connectivity index (χ1) is 12.5. The monoisotopic (exact) mass is 355 g/mol. The largest absolute Gasteiger partial charge is 0.349 e. The zero-order chi connectivity index (χ0) is 19.1. The summed E-state index contributed by atoms with van der Waals surface area (Å²) in [6.07, 6.45) is 3.22. The van der Waals surface area contributed by atoms with Gasteiger partial charge in [-0.1, -0.05) is 57.7 Å². The quantitative estimate of drug-likeness (QED) is 0.528. The molecular formula is C22H29NO3. The average Bonchev–Trinajstić information content (AvgIpc) is 3.02. The summed E-state index contributed by atoms with van der Waals surface area (Å²) >= 11 is 0. The van der Waals surface area contributed by atoms with Crippen molar-refractivity contribution in [1.82, 2.24) is 4.90 Å². The van der Waals surface area contributed by atoms with Crippen LogP contribution in [0.1, 0.15) is 32.8 Å². The maximum atomic E-state index is 13.3. The van der Waals surface area contributed by atoms with Crippen LogP contribution in [-0.2, 0) is 20.7 Å². The molecule has 0 N–H and O–H groups in total. The first-order valence-electron chi connectivity index (χ1n) is 9.26. The van der Waals surface area contributed by atoms with Gasteiger partial charge in [-0.05, 0) is 36.3 Å². The van der Waals surface area contributed by atoms with Gasteiger partial charge in [-0.2, -0.15) is 0 Å². The zero-order valence-corrected chi connectivity index (χ0v) is 15.9. The molecule has 2 rings (SSSR count). The molecule has 0 aliphatic carbocycles. The van der Waals surface area contributed by atoms with Crippen LogP contribution in [0.2, 0.25) is 0 Å². The minimum atomic E-state index is -0.789. The van der Waals surface area contributed by atoms with Crippen LogP contribution in [0.3, 0.4) is 0 Å². The maximum absolute atomic E-state index is 13.3. The van der Waals surface area contributed by atoms with E-state index in [0.717, 1.165) is 11.8 Å². The Kier molecular flexibility index (Phi) is 7.38. The topological polar surface area (TPSA) is 46.6 Å². The van der Waals surface area contributed by atoms with Gasteiger partial charge in [-0.3, -0.25) is 9.59 Å². The molecule has 1 saturated heterocycles. The summed E-state index contributed by atoms with van der Waals surface area (Å²) in [5.74, 6) is 0.208. The first-order valence-corrected chi connectivity index (χ1v) is 9.26. The van der Waals surface area contributed by atoms with E-state index < -0.39 is 6.23 Å². The lowest BCUT2D eigenvalue weighted by Crippen LogP contribution is -2.48. The van der Waals surface area contributed by atoms with Crippen molar-refractivity contribution in [3.63, 3.8) is 0 Å². The van der Waals surface area contributed by atoms with Gasteiger partial charge in [0.15, 0.2) is 12.5 Å². The summed E-state index contributed by atoms with van der Waals surface area (Å²) in [5, 5.41) is 0. The highest BCUT2D eigenvalue weighted by atomic mass is 16.5. The van der Waals surface area contributed by atoms with E-state index in [2.05, 4.69) is 19.2 Å². The minimum Gasteiger partial charge on any atom is -0.349 e. The molecule has 0 bridgehead atoms. The van der Waals surface area contributed by atoms with E-state index in [-0.39, 0.29) is 29.7 Å². The molecule has 1 aromatic carbocycles. The van der Waals surface area contributed by atoms with Gasteiger partial charge < -0.3 is 9.64 Å². The van der Waals surface area contributed by atoms with Crippen LogP contribution in [0.25, 0.3) is 0 Å². The lowest BCUT2D eigenvalue weighted by atomic mass is 9.85. The molecule has 0 radical (unpaired) electrons. The van der Waals surface area contributed by atoms with E-state index in [9.17, 15) is 9.59 Å². The van der Waals surface area contributed by atoms with Crippen molar-refractivity contribution >= 4 is 12.2 Å². The van der Waals surface area contributed by atoms with Crippen molar-refractivity contribution in [2.45, 2.75) is 45.9 Å². The number of amides is 1. The van der Waals surface area contributed by atoms with Crippen LogP contribution in [0.4, 0.5) is 0 Å². The second kappa shape index (κ2) is 9.51. The lowest BCUT2D eigenvalue weighted by Gasteiger charge is -2.32.